The highest BCUT2D eigenvalue weighted by atomic mass is 79.9. The summed E-state index contributed by atoms with van der Waals surface area (Å²) in [6, 6.07) is 7.14. The number of hydrogen-bond acceptors (Lipinski definition) is 3. The van der Waals surface area contributed by atoms with Crippen molar-refractivity contribution >= 4 is 27.7 Å². The van der Waals surface area contributed by atoms with E-state index in [4.69, 9.17) is 4.74 Å². The van der Waals surface area contributed by atoms with Crippen molar-refractivity contribution in [3.05, 3.63) is 28.7 Å². The Morgan fingerprint density at radius 1 is 1.22 bits per heavy atom. The molecule has 0 bridgehead atoms. The van der Waals surface area contributed by atoms with Gasteiger partial charge >= 0.3 is 0 Å². The average Bonchev–Trinajstić information content (AvgIpc) is 3.19. The van der Waals surface area contributed by atoms with Gasteiger partial charge in [0.05, 0.1) is 0 Å². The normalized spacial score (nSPS) is 13.8. The van der Waals surface area contributed by atoms with Gasteiger partial charge in [0.15, 0.2) is 6.61 Å². The van der Waals surface area contributed by atoms with Crippen LogP contribution in [0.25, 0.3) is 0 Å². The van der Waals surface area contributed by atoms with Crippen molar-refractivity contribution in [1.29, 1.82) is 0 Å². The predicted molar refractivity (Wildman–Crippen MR) is 68.6 cm³/mol. The van der Waals surface area contributed by atoms with E-state index in [0.717, 1.165) is 17.3 Å². The molecule has 0 saturated heterocycles. The van der Waals surface area contributed by atoms with Crippen LogP contribution >= 0.6 is 15.9 Å². The van der Waals surface area contributed by atoms with Gasteiger partial charge in [-0.25, -0.2) is 0 Å². The fourth-order valence-corrected chi connectivity index (χ4v) is 1.56. The second-order valence-corrected chi connectivity index (χ2v) is 4.97. The maximum atomic E-state index is 11.4. The number of benzene rings is 1. The van der Waals surface area contributed by atoms with Gasteiger partial charge in [-0.15, -0.1) is 0 Å². The van der Waals surface area contributed by atoms with Gasteiger partial charge in [0.25, 0.3) is 5.91 Å². The van der Waals surface area contributed by atoms with E-state index in [9.17, 15) is 9.59 Å². The quantitative estimate of drug-likeness (QED) is 0.826. The van der Waals surface area contributed by atoms with E-state index in [1.165, 1.54) is 0 Å². The largest absolute Gasteiger partial charge is 0.484 e. The van der Waals surface area contributed by atoms with Gasteiger partial charge in [-0.05, 0) is 37.1 Å². The third-order valence-corrected chi connectivity index (χ3v) is 2.99. The molecule has 0 radical (unpaired) electrons. The molecule has 2 amide bonds. The summed E-state index contributed by atoms with van der Waals surface area (Å²) in [6.45, 7) is -0.132. The second-order valence-electron chi connectivity index (χ2n) is 4.05. The molecule has 0 unspecified atom stereocenters. The zero-order valence-corrected chi connectivity index (χ0v) is 11.2. The maximum Gasteiger partial charge on any atom is 0.276 e. The van der Waals surface area contributed by atoms with Gasteiger partial charge in [-0.3, -0.25) is 20.4 Å². The van der Waals surface area contributed by atoms with E-state index in [1.807, 2.05) is 12.1 Å². The number of hydrazine groups is 1. The third kappa shape index (κ3) is 4.03. The summed E-state index contributed by atoms with van der Waals surface area (Å²) in [7, 11) is 0. The zero-order chi connectivity index (χ0) is 13.0. The summed E-state index contributed by atoms with van der Waals surface area (Å²) < 4.78 is 6.19. The lowest BCUT2D eigenvalue weighted by Gasteiger charge is -2.08. The summed E-state index contributed by atoms with van der Waals surface area (Å²) in [5.74, 6) is 0.151. The highest BCUT2D eigenvalue weighted by Gasteiger charge is 2.29. The average molecular weight is 313 g/mol. The molecule has 1 fully saturated rings. The van der Waals surface area contributed by atoms with E-state index in [2.05, 4.69) is 26.8 Å². The van der Waals surface area contributed by atoms with Crippen LogP contribution in [0.4, 0.5) is 0 Å². The molecule has 0 aliphatic heterocycles. The molecule has 2 N–H and O–H groups in total. The van der Waals surface area contributed by atoms with Crippen molar-refractivity contribution in [3.8, 4) is 5.75 Å². The van der Waals surface area contributed by atoms with Crippen LogP contribution in [0.3, 0.4) is 0 Å². The number of amides is 2. The van der Waals surface area contributed by atoms with Crippen molar-refractivity contribution < 1.29 is 14.3 Å². The van der Waals surface area contributed by atoms with Gasteiger partial charge in [0.1, 0.15) is 5.75 Å². The van der Waals surface area contributed by atoms with Crippen molar-refractivity contribution in [2.24, 2.45) is 5.92 Å². The van der Waals surface area contributed by atoms with E-state index in [1.54, 1.807) is 12.1 Å². The number of nitrogens with one attached hydrogen (secondary N) is 2. The van der Waals surface area contributed by atoms with Crippen LogP contribution in [0.1, 0.15) is 12.8 Å². The van der Waals surface area contributed by atoms with Crippen molar-refractivity contribution in [1.82, 2.24) is 10.9 Å². The Labute approximate surface area is 113 Å². The minimum Gasteiger partial charge on any atom is -0.484 e. The van der Waals surface area contributed by atoms with Crippen molar-refractivity contribution in [2.45, 2.75) is 12.8 Å². The fraction of sp³-hybridized carbons (Fsp3) is 0.333. The Hall–Kier alpha value is -1.56. The molecule has 1 aliphatic carbocycles. The van der Waals surface area contributed by atoms with Crippen molar-refractivity contribution in [3.63, 3.8) is 0 Å². The molecular weight excluding hydrogens is 300 g/mol. The van der Waals surface area contributed by atoms with Crippen LogP contribution in [0.5, 0.6) is 5.75 Å². The summed E-state index contributed by atoms with van der Waals surface area (Å²) in [5, 5.41) is 0. The summed E-state index contributed by atoms with van der Waals surface area (Å²) >= 11 is 3.30. The first-order chi connectivity index (χ1) is 8.65. The maximum absolute atomic E-state index is 11.4. The van der Waals surface area contributed by atoms with Crippen LogP contribution < -0.4 is 15.6 Å². The lowest BCUT2D eigenvalue weighted by molar-refractivity contribution is -0.130. The third-order valence-electron chi connectivity index (χ3n) is 2.46. The van der Waals surface area contributed by atoms with E-state index < -0.39 is 0 Å². The van der Waals surface area contributed by atoms with Gasteiger partial charge < -0.3 is 4.74 Å². The molecule has 1 saturated carbocycles. The number of rotatable bonds is 4. The van der Waals surface area contributed by atoms with Crippen LogP contribution in [0.15, 0.2) is 28.7 Å². The summed E-state index contributed by atoms with van der Waals surface area (Å²) in [6.07, 6.45) is 1.80. The van der Waals surface area contributed by atoms with Gasteiger partial charge in [0.2, 0.25) is 5.91 Å². The molecule has 0 aromatic heterocycles. The first kappa shape index (κ1) is 12.9. The number of halogens is 1. The molecule has 1 aliphatic rings. The van der Waals surface area contributed by atoms with E-state index >= 15 is 0 Å². The standard InChI is InChI=1S/C12H13BrN2O3/c13-9-3-5-10(6-4-9)18-7-11(16)14-15-12(17)8-1-2-8/h3-6,8H,1-2,7H2,(H,14,16)(H,15,17). The monoisotopic (exact) mass is 312 g/mol. The Morgan fingerprint density at radius 3 is 2.50 bits per heavy atom. The first-order valence-electron chi connectivity index (χ1n) is 5.62. The number of hydrogen-bond donors (Lipinski definition) is 2. The first-order valence-corrected chi connectivity index (χ1v) is 6.41. The Balaban J connectivity index is 1.67. The second kappa shape index (κ2) is 5.86. The molecule has 0 heterocycles. The number of carbonyl (C=O) groups is 2. The molecule has 5 nitrogen and oxygen atoms in total. The SMILES string of the molecule is O=C(COc1ccc(Br)cc1)NNC(=O)C1CC1. The number of ether oxygens (including phenoxy) is 1. The summed E-state index contributed by atoms with van der Waals surface area (Å²) in [5.41, 5.74) is 4.68. The molecule has 1 aromatic rings. The highest BCUT2D eigenvalue weighted by Crippen LogP contribution is 2.28. The molecular formula is C12H13BrN2O3. The molecule has 18 heavy (non-hydrogen) atoms. The highest BCUT2D eigenvalue weighted by molar-refractivity contribution is 9.10. The molecule has 0 atom stereocenters. The van der Waals surface area contributed by atoms with Crippen LogP contribution in [0.2, 0.25) is 0 Å². The van der Waals surface area contributed by atoms with Gasteiger partial charge in [-0.1, -0.05) is 15.9 Å². The van der Waals surface area contributed by atoms with Crippen LogP contribution in [-0.2, 0) is 9.59 Å². The fourth-order valence-electron chi connectivity index (χ4n) is 1.29. The van der Waals surface area contributed by atoms with Gasteiger partial charge in [-0.2, -0.15) is 0 Å². The molecule has 96 valence electrons. The molecule has 2 rings (SSSR count). The van der Waals surface area contributed by atoms with E-state index in [-0.39, 0.29) is 24.3 Å². The minimum atomic E-state index is -0.382. The van der Waals surface area contributed by atoms with E-state index in [0.29, 0.717) is 5.75 Å². The van der Waals surface area contributed by atoms with Gasteiger partial charge in [0, 0.05) is 10.4 Å². The molecule has 1 aromatic carbocycles. The van der Waals surface area contributed by atoms with Crippen LogP contribution in [-0.4, -0.2) is 18.4 Å². The number of carbonyl (C=O) groups excluding carboxylic acids is 2. The Morgan fingerprint density at radius 2 is 1.89 bits per heavy atom. The van der Waals surface area contributed by atoms with Crippen LogP contribution in [0, 0.1) is 5.92 Å². The summed E-state index contributed by atoms with van der Waals surface area (Å²) in [4.78, 5) is 22.6. The predicted octanol–water partition coefficient (Wildman–Crippen LogP) is 1.39. The Bertz CT molecular complexity index is 443. The topological polar surface area (TPSA) is 67.4 Å². The molecule has 0 spiro atoms. The lowest BCUT2D eigenvalue weighted by atomic mass is 10.3. The Kier molecular flexibility index (Phi) is 4.19. The minimum absolute atomic E-state index is 0.0673. The lowest BCUT2D eigenvalue weighted by Crippen LogP contribution is -2.44. The zero-order valence-electron chi connectivity index (χ0n) is 9.61. The molecule has 6 heteroatoms. The smallest absolute Gasteiger partial charge is 0.276 e. The van der Waals surface area contributed by atoms with Crippen molar-refractivity contribution in [2.75, 3.05) is 6.61 Å².